The standard InChI is InChI=1S/C42H78N4O2/c1-4-6-8-10-12-14-16-18-20-22-24-26-28-30-32-34-36-45-42(48)40(37-39(38-43)44-3)46-41(47)35-33-31-29-27-25-23-21-19-17-15-13-11-9-7-5-2/h13,15,18-21,38,40,44H,4-12,14,16-17,22-37,43H2,1-3H3,(H,45,48)(H,46,47)/b15-13-,20-18-,21-19-,39-38-. The number of nitrogens with two attached hydrogens (primary N) is 1. The van der Waals surface area contributed by atoms with E-state index in [1.54, 1.807) is 7.05 Å². The molecule has 0 aromatic rings. The van der Waals surface area contributed by atoms with Crippen molar-refractivity contribution < 1.29 is 9.59 Å². The smallest absolute Gasteiger partial charge is 0.242 e. The number of hydrogen-bond donors (Lipinski definition) is 4. The number of carbonyl (C=O) groups is 2. The molecule has 1 unspecified atom stereocenters. The van der Waals surface area contributed by atoms with Gasteiger partial charge in [0.15, 0.2) is 0 Å². The average molecular weight is 671 g/mol. The Morgan fingerprint density at radius 2 is 1.02 bits per heavy atom. The predicted molar refractivity (Wildman–Crippen MR) is 210 cm³/mol. The van der Waals surface area contributed by atoms with Gasteiger partial charge in [0.1, 0.15) is 6.04 Å². The van der Waals surface area contributed by atoms with Crippen molar-refractivity contribution in [3.63, 3.8) is 0 Å². The number of carbonyl (C=O) groups excluding carboxylic acids is 2. The summed E-state index contributed by atoms with van der Waals surface area (Å²) in [4.78, 5) is 25.7. The molecule has 1 atom stereocenters. The van der Waals surface area contributed by atoms with Gasteiger partial charge in [0, 0.05) is 38.3 Å². The van der Waals surface area contributed by atoms with Gasteiger partial charge in [0.25, 0.3) is 0 Å². The average Bonchev–Trinajstić information content (AvgIpc) is 3.09. The van der Waals surface area contributed by atoms with Crippen LogP contribution in [0.15, 0.2) is 48.4 Å². The number of allylic oxidation sites excluding steroid dienone is 6. The summed E-state index contributed by atoms with van der Waals surface area (Å²) in [7, 11) is 1.78. The zero-order valence-corrected chi connectivity index (χ0v) is 31.8. The van der Waals surface area contributed by atoms with Crippen LogP contribution in [0, 0.1) is 0 Å². The molecule has 0 aliphatic heterocycles. The maximum atomic E-state index is 13.0. The highest BCUT2D eigenvalue weighted by atomic mass is 16.2. The van der Waals surface area contributed by atoms with Crippen molar-refractivity contribution in [2.24, 2.45) is 5.73 Å². The van der Waals surface area contributed by atoms with Gasteiger partial charge < -0.3 is 21.7 Å². The third kappa shape index (κ3) is 32.1. The maximum Gasteiger partial charge on any atom is 0.242 e. The van der Waals surface area contributed by atoms with Gasteiger partial charge in [0.2, 0.25) is 11.8 Å². The molecular formula is C42H78N4O2. The minimum atomic E-state index is -0.619. The van der Waals surface area contributed by atoms with E-state index in [2.05, 4.69) is 66.3 Å². The van der Waals surface area contributed by atoms with E-state index in [1.807, 2.05) is 0 Å². The van der Waals surface area contributed by atoms with Crippen molar-refractivity contribution in [2.45, 2.75) is 193 Å². The van der Waals surface area contributed by atoms with E-state index in [0.29, 0.717) is 19.4 Å². The molecule has 0 rings (SSSR count). The van der Waals surface area contributed by atoms with Gasteiger partial charge in [-0.15, -0.1) is 0 Å². The molecule has 0 spiro atoms. The Morgan fingerprint density at radius 3 is 1.54 bits per heavy atom. The Labute approximate surface area is 297 Å². The summed E-state index contributed by atoms with van der Waals surface area (Å²) in [5.41, 5.74) is 6.47. The van der Waals surface area contributed by atoms with Gasteiger partial charge in [-0.05, 0) is 70.6 Å². The quantitative estimate of drug-likeness (QED) is 0.0398. The van der Waals surface area contributed by atoms with Crippen LogP contribution < -0.4 is 21.7 Å². The van der Waals surface area contributed by atoms with Crippen molar-refractivity contribution >= 4 is 11.8 Å². The van der Waals surface area contributed by atoms with Crippen LogP contribution in [0.25, 0.3) is 0 Å². The summed E-state index contributed by atoms with van der Waals surface area (Å²) in [5.74, 6) is -0.198. The van der Waals surface area contributed by atoms with Crippen molar-refractivity contribution in [3.05, 3.63) is 48.4 Å². The largest absolute Gasteiger partial charge is 0.403 e. The van der Waals surface area contributed by atoms with Crippen LogP contribution in [-0.4, -0.2) is 31.4 Å². The van der Waals surface area contributed by atoms with Crippen LogP contribution in [0.1, 0.15) is 187 Å². The van der Waals surface area contributed by atoms with Gasteiger partial charge in [0.05, 0.1) is 0 Å². The molecule has 0 radical (unpaired) electrons. The molecule has 6 heteroatoms. The molecule has 0 heterocycles. The molecule has 0 aromatic carbocycles. The molecule has 0 saturated carbocycles. The number of rotatable bonds is 35. The van der Waals surface area contributed by atoms with Crippen LogP contribution in [0.5, 0.6) is 0 Å². The minimum Gasteiger partial charge on any atom is -0.403 e. The van der Waals surface area contributed by atoms with Crippen LogP contribution in [0.2, 0.25) is 0 Å². The molecule has 2 amide bonds. The highest BCUT2D eigenvalue weighted by molar-refractivity contribution is 5.87. The summed E-state index contributed by atoms with van der Waals surface area (Å²) in [6.07, 6.45) is 46.5. The second kappa shape index (κ2) is 37.3. The lowest BCUT2D eigenvalue weighted by molar-refractivity contribution is -0.129. The third-order valence-corrected chi connectivity index (χ3v) is 8.94. The minimum absolute atomic E-state index is 0.0643. The first kappa shape index (κ1) is 45.5. The van der Waals surface area contributed by atoms with Crippen LogP contribution in [-0.2, 0) is 9.59 Å². The zero-order chi connectivity index (χ0) is 35.2. The van der Waals surface area contributed by atoms with Crippen LogP contribution in [0.4, 0.5) is 0 Å². The summed E-state index contributed by atoms with van der Waals surface area (Å²) in [6.45, 7) is 5.15. The first-order chi connectivity index (χ1) is 23.6. The highest BCUT2D eigenvalue weighted by Crippen LogP contribution is 2.11. The van der Waals surface area contributed by atoms with Gasteiger partial charge in [-0.25, -0.2) is 0 Å². The Kier molecular flexibility index (Phi) is 35.4. The maximum absolute atomic E-state index is 13.0. The number of nitrogens with one attached hydrogen (secondary N) is 3. The van der Waals surface area contributed by atoms with Crippen LogP contribution >= 0.6 is 0 Å². The van der Waals surface area contributed by atoms with Gasteiger partial charge >= 0.3 is 0 Å². The summed E-state index contributed by atoms with van der Waals surface area (Å²) >= 11 is 0. The molecule has 5 N–H and O–H groups in total. The molecule has 278 valence electrons. The fourth-order valence-electron chi connectivity index (χ4n) is 5.75. The first-order valence-corrected chi connectivity index (χ1v) is 20.2. The molecule has 48 heavy (non-hydrogen) atoms. The van der Waals surface area contributed by atoms with Gasteiger partial charge in [-0.1, -0.05) is 140 Å². The summed E-state index contributed by atoms with van der Waals surface area (Å²) in [6, 6.07) is -0.619. The molecular weight excluding hydrogens is 592 g/mol. The lowest BCUT2D eigenvalue weighted by atomic mass is 10.1. The fourth-order valence-corrected chi connectivity index (χ4v) is 5.75. The van der Waals surface area contributed by atoms with Gasteiger partial charge in [-0.3, -0.25) is 9.59 Å². The number of unbranched alkanes of at least 4 members (excludes halogenated alkanes) is 20. The van der Waals surface area contributed by atoms with E-state index in [1.165, 1.54) is 122 Å². The normalized spacial score (nSPS) is 12.8. The first-order valence-electron chi connectivity index (χ1n) is 20.2. The molecule has 0 bridgehead atoms. The Morgan fingerprint density at radius 1 is 0.583 bits per heavy atom. The van der Waals surface area contributed by atoms with Gasteiger partial charge in [-0.2, -0.15) is 0 Å². The predicted octanol–water partition coefficient (Wildman–Crippen LogP) is 10.8. The van der Waals surface area contributed by atoms with E-state index >= 15 is 0 Å². The summed E-state index contributed by atoms with van der Waals surface area (Å²) < 4.78 is 0. The Hall–Kier alpha value is -2.50. The van der Waals surface area contributed by atoms with E-state index in [-0.39, 0.29) is 11.8 Å². The van der Waals surface area contributed by atoms with Crippen LogP contribution in [0.3, 0.4) is 0 Å². The summed E-state index contributed by atoms with van der Waals surface area (Å²) in [5, 5.41) is 9.04. The number of amides is 2. The fraction of sp³-hybridized carbons (Fsp3) is 0.762. The Balaban J connectivity index is 4.03. The Bertz CT molecular complexity index is 849. The number of hydrogen-bond acceptors (Lipinski definition) is 4. The van der Waals surface area contributed by atoms with E-state index in [9.17, 15) is 9.59 Å². The highest BCUT2D eigenvalue weighted by Gasteiger charge is 2.21. The molecule has 0 saturated heterocycles. The molecule has 0 aliphatic carbocycles. The van der Waals surface area contributed by atoms with Crippen molar-refractivity contribution in [1.29, 1.82) is 0 Å². The lowest BCUT2D eigenvalue weighted by Gasteiger charge is -2.20. The second-order valence-corrected chi connectivity index (χ2v) is 13.5. The van der Waals surface area contributed by atoms with Crippen molar-refractivity contribution in [3.8, 4) is 0 Å². The van der Waals surface area contributed by atoms with E-state index in [0.717, 1.165) is 50.6 Å². The van der Waals surface area contributed by atoms with Crippen molar-refractivity contribution in [1.82, 2.24) is 16.0 Å². The van der Waals surface area contributed by atoms with Crippen molar-refractivity contribution in [2.75, 3.05) is 13.6 Å². The monoisotopic (exact) mass is 671 g/mol. The van der Waals surface area contributed by atoms with E-state index in [4.69, 9.17) is 5.73 Å². The SMILES string of the molecule is CCCCC/C=C\C/C=C\CCCCCCCC(=O)NC(C/C(=C/N)NC)C(=O)NCCCCCCCC/C=C\CCCCCCCC. The molecule has 0 aromatic heterocycles. The lowest BCUT2D eigenvalue weighted by Crippen LogP contribution is -2.47. The second-order valence-electron chi connectivity index (χ2n) is 13.5. The van der Waals surface area contributed by atoms with E-state index < -0.39 is 6.04 Å². The molecule has 6 nitrogen and oxygen atoms in total. The molecule has 0 aliphatic rings. The third-order valence-electron chi connectivity index (χ3n) is 8.94. The topological polar surface area (TPSA) is 96.2 Å². The molecule has 0 fully saturated rings. The zero-order valence-electron chi connectivity index (χ0n) is 31.8.